The normalized spacial score (nSPS) is 25.1. The summed E-state index contributed by atoms with van der Waals surface area (Å²) >= 11 is 0. The van der Waals surface area contributed by atoms with Crippen molar-refractivity contribution in [1.82, 2.24) is 14.8 Å². The lowest BCUT2D eigenvalue weighted by molar-refractivity contribution is -0.117. The molecule has 2 aliphatic rings. The number of carbonyl (C=O) groups is 1. The average Bonchev–Trinajstić information content (AvgIpc) is 3.29. The fourth-order valence-corrected chi connectivity index (χ4v) is 3.73. The number of rotatable bonds is 5. The smallest absolute Gasteiger partial charge is 0.225 e. The Balaban J connectivity index is 1.79. The van der Waals surface area contributed by atoms with Gasteiger partial charge in [0.15, 0.2) is 5.82 Å². The van der Waals surface area contributed by atoms with Crippen molar-refractivity contribution in [3.05, 3.63) is 35.9 Å². The average molecular weight is 328 g/mol. The fraction of sp³-hybridized carbons (Fsp3) is 0.471. The highest BCUT2D eigenvalue weighted by Gasteiger charge is 2.44. The molecule has 2 fully saturated rings. The van der Waals surface area contributed by atoms with Crippen LogP contribution < -0.4 is 10.5 Å². The van der Waals surface area contributed by atoms with E-state index in [1.807, 2.05) is 24.3 Å². The van der Waals surface area contributed by atoms with E-state index in [0.29, 0.717) is 17.7 Å². The molecular weight excluding hydrogens is 308 g/mol. The number of carbonyl (C=O) groups excluding carboxylic acids is 1. The zero-order valence-corrected chi connectivity index (χ0v) is 13.5. The Morgan fingerprint density at radius 3 is 2.92 bits per heavy atom. The minimum Gasteiger partial charge on any atom is -0.494 e. The van der Waals surface area contributed by atoms with Crippen molar-refractivity contribution in [2.75, 3.05) is 7.11 Å². The summed E-state index contributed by atoms with van der Waals surface area (Å²) < 4.78 is 13.2. The summed E-state index contributed by atoms with van der Waals surface area (Å²) in [5.74, 6) is 1.71. The van der Waals surface area contributed by atoms with Crippen molar-refractivity contribution in [2.45, 2.75) is 43.8 Å². The van der Waals surface area contributed by atoms with Gasteiger partial charge in [0.05, 0.1) is 25.7 Å². The minimum absolute atomic E-state index is 0.0246. The van der Waals surface area contributed by atoms with Crippen LogP contribution in [0, 0.1) is 0 Å². The van der Waals surface area contributed by atoms with Gasteiger partial charge < -0.3 is 15.2 Å². The standard InChI is InChI=1S/C17H20N4O3/c1-23-14-5-3-2-4-12(14)21-17(19-16(20-21)9-15(18)22)11-8-10-6-7-13(11)24-10/h2-5,10-11,13H,6-9H2,1H3,(H2,18,22)/t10-,11-,13+/m0/s1. The number of amides is 1. The molecule has 2 aliphatic heterocycles. The van der Waals surface area contributed by atoms with Gasteiger partial charge in [-0.1, -0.05) is 12.1 Å². The van der Waals surface area contributed by atoms with Crippen LogP contribution in [0.1, 0.15) is 36.8 Å². The first-order valence-corrected chi connectivity index (χ1v) is 8.18. The highest BCUT2D eigenvalue weighted by Crippen LogP contribution is 2.44. The van der Waals surface area contributed by atoms with E-state index in [2.05, 4.69) is 10.1 Å². The third-order valence-electron chi connectivity index (χ3n) is 4.76. The summed E-state index contributed by atoms with van der Waals surface area (Å²) in [6, 6.07) is 7.64. The molecular formula is C17H20N4O3. The van der Waals surface area contributed by atoms with Crippen LogP contribution in [0.25, 0.3) is 5.69 Å². The van der Waals surface area contributed by atoms with E-state index in [0.717, 1.165) is 30.8 Å². The molecule has 0 saturated carbocycles. The van der Waals surface area contributed by atoms with E-state index in [-0.39, 0.29) is 18.4 Å². The fourth-order valence-electron chi connectivity index (χ4n) is 3.73. The molecule has 0 radical (unpaired) electrons. The molecule has 0 unspecified atom stereocenters. The van der Waals surface area contributed by atoms with E-state index in [4.69, 9.17) is 15.2 Å². The van der Waals surface area contributed by atoms with Gasteiger partial charge in [-0.15, -0.1) is 0 Å². The maximum atomic E-state index is 11.3. The Morgan fingerprint density at radius 2 is 2.25 bits per heavy atom. The number of methoxy groups -OCH3 is 1. The Hall–Kier alpha value is -2.41. The molecule has 4 rings (SSSR count). The highest BCUT2D eigenvalue weighted by molar-refractivity contribution is 5.75. The lowest BCUT2D eigenvalue weighted by Gasteiger charge is -2.19. The second kappa shape index (κ2) is 5.90. The lowest BCUT2D eigenvalue weighted by atomic mass is 9.88. The molecule has 1 aromatic carbocycles. The molecule has 2 aromatic rings. The number of nitrogens with zero attached hydrogens (tertiary/aromatic N) is 3. The Kier molecular flexibility index (Phi) is 3.72. The molecule has 1 amide bonds. The maximum Gasteiger partial charge on any atom is 0.225 e. The number of para-hydroxylation sites is 2. The Morgan fingerprint density at radius 1 is 1.42 bits per heavy atom. The first-order chi connectivity index (χ1) is 11.7. The van der Waals surface area contributed by atoms with Crippen molar-refractivity contribution >= 4 is 5.91 Å². The van der Waals surface area contributed by atoms with Crippen LogP contribution >= 0.6 is 0 Å². The molecule has 2 bridgehead atoms. The van der Waals surface area contributed by atoms with Crippen molar-refractivity contribution < 1.29 is 14.3 Å². The number of aromatic nitrogens is 3. The third kappa shape index (κ3) is 2.54. The van der Waals surface area contributed by atoms with Crippen molar-refractivity contribution in [3.8, 4) is 11.4 Å². The Labute approximate surface area is 139 Å². The molecule has 3 atom stereocenters. The van der Waals surface area contributed by atoms with E-state index >= 15 is 0 Å². The molecule has 2 N–H and O–H groups in total. The number of nitrogens with two attached hydrogens (primary N) is 1. The van der Waals surface area contributed by atoms with Crippen LogP contribution in [-0.2, 0) is 16.0 Å². The van der Waals surface area contributed by atoms with Gasteiger partial charge in [0.1, 0.15) is 17.3 Å². The van der Waals surface area contributed by atoms with Gasteiger partial charge in [-0.2, -0.15) is 5.10 Å². The molecule has 7 heteroatoms. The van der Waals surface area contributed by atoms with Gasteiger partial charge in [0.2, 0.25) is 5.91 Å². The molecule has 0 spiro atoms. The lowest BCUT2D eigenvalue weighted by Crippen LogP contribution is -2.19. The third-order valence-corrected chi connectivity index (χ3v) is 4.76. The first-order valence-electron chi connectivity index (χ1n) is 8.18. The predicted molar refractivity (Wildman–Crippen MR) is 86.1 cm³/mol. The van der Waals surface area contributed by atoms with E-state index < -0.39 is 5.91 Å². The summed E-state index contributed by atoms with van der Waals surface area (Å²) in [5, 5.41) is 4.53. The van der Waals surface area contributed by atoms with Crippen LogP contribution in [0.2, 0.25) is 0 Å². The summed E-state index contributed by atoms with van der Waals surface area (Å²) in [6.45, 7) is 0. The monoisotopic (exact) mass is 328 g/mol. The van der Waals surface area contributed by atoms with Gasteiger partial charge in [-0.3, -0.25) is 4.79 Å². The van der Waals surface area contributed by atoms with Crippen molar-refractivity contribution in [2.24, 2.45) is 5.73 Å². The van der Waals surface area contributed by atoms with Gasteiger partial charge in [-0.25, -0.2) is 9.67 Å². The van der Waals surface area contributed by atoms with Gasteiger partial charge in [0, 0.05) is 5.92 Å². The first kappa shape index (κ1) is 15.1. The zero-order chi connectivity index (χ0) is 16.7. The summed E-state index contributed by atoms with van der Waals surface area (Å²) in [4.78, 5) is 15.9. The van der Waals surface area contributed by atoms with Crippen LogP contribution in [0.15, 0.2) is 24.3 Å². The van der Waals surface area contributed by atoms with Crippen molar-refractivity contribution in [3.63, 3.8) is 0 Å². The Bertz CT molecular complexity index is 773. The molecule has 24 heavy (non-hydrogen) atoms. The number of hydrogen-bond donors (Lipinski definition) is 1. The van der Waals surface area contributed by atoms with E-state index in [1.54, 1.807) is 11.8 Å². The number of fused-ring (bicyclic) bond motifs is 2. The number of hydrogen-bond acceptors (Lipinski definition) is 5. The highest BCUT2D eigenvalue weighted by atomic mass is 16.5. The molecule has 1 aromatic heterocycles. The quantitative estimate of drug-likeness (QED) is 0.894. The number of benzene rings is 1. The molecule has 0 aliphatic carbocycles. The summed E-state index contributed by atoms with van der Waals surface area (Å²) in [6.07, 6.45) is 3.60. The maximum absolute atomic E-state index is 11.3. The topological polar surface area (TPSA) is 92.3 Å². The van der Waals surface area contributed by atoms with Crippen LogP contribution in [0.4, 0.5) is 0 Å². The summed E-state index contributed by atoms with van der Waals surface area (Å²) in [7, 11) is 1.63. The minimum atomic E-state index is -0.442. The molecule has 7 nitrogen and oxygen atoms in total. The number of primary amides is 1. The molecule has 126 valence electrons. The SMILES string of the molecule is COc1ccccc1-n1nc(CC(N)=O)nc1[C@H]1C[C@@H]2CC[C@H]1O2. The second-order valence-corrected chi connectivity index (χ2v) is 6.33. The van der Waals surface area contributed by atoms with Crippen LogP contribution in [0.5, 0.6) is 5.75 Å². The summed E-state index contributed by atoms with van der Waals surface area (Å²) in [5.41, 5.74) is 6.12. The van der Waals surface area contributed by atoms with Gasteiger partial charge >= 0.3 is 0 Å². The number of ether oxygens (including phenoxy) is 2. The second-order valence-electron chi connectivity index (χ2n) is 6.33. The van der Waals surface area contributed by atoms with Gasteiger partial charge in [-0.05, 0) is 31.4 Å². The van der Waals surface area contributed by atoms with Crippen LogP contribution in [0.3, 0.4) is 0 Å². The van der Waals surface area contributed by atoms with Crippen LogP contribution in [-0.4, -0.2) is 40.0 Å². The molecule has 3 heterocycles. The predicted octanol–water partition coefficient (Wildman–Crippen LogP) is 1.34. The van der Waals surface area contributed by atoms with E-state index in [1.165, 1.54) is 0 Å². The van der Waals surface area contributed by atoms with E-state index in [9.17, 15) is 4.79 Å². The zero-order valence-electron chi connectivity index (χ0n) is 13.5. The van der Waals surface area contributed by atoms with Crippen molar-refractivity contribution in [1.29, 1.82) is 0 Å². The molecule has 2 saturated heterocycles. The van der Waals surface area contributed by atoms with Gasteiger partial charge in [0.25, 0.3) is 0 Å². The largest absolute Gasteiger partial charge is 0.494 e.